The Hall–Kier alpha value is -1.59. The molecule has 0 spiro atoms. The monoisotopic (exact) mass is 292 g/mol. The molecule has 1 aromatic carbocycles. The largest absolute Gasteiger partial charge is 0.462 e. The number of hydrogen-bond acceptors (Lipinski definition) is 2. The lowest BCUT2D eigenvalue weighted by atomic mass is 10.1. The third-order valence-electron chi connectivity index (χ3n) is 2.74. The molecule has 0 aromatic heterocycles. The van der Waals surface area contributed by atoms with Crippen molar-refractivity contribution in [2.75, 3.05) is 6.61 Å². The van der Waals surface area contributed by atoms with Crippen LogP contribution in [0.15, 0.2) is 18.2 Å². The Kier molecular flexibility index (Phi) is 5.98. The van der Waals surface area contributed by atoms with Crippen LogP contribution in [0, 0.1) is 5.82 Å². The third-order valence-corrected chi connectivity index (χ3v) is 2.74. The maximum Gasteiger partial charge on any atom is 0.416 e. The van der Waals surface area contributed by atoms with Crippen LogP contribution in [-0.4, -0.2) is 12.6 Å². The zero-order valence-corrected chi connectivity index (χ0v) is 11.1. The number of rotatable bonds is 6. The predicted octanol–water partition coefficient (Wildman–Crippen LogP) is 4.58. The lowest BCUT2D eigenvalue weighted by molar-refractivity contribution is -0.137. The lowest BCUT2D eigenvalue weighted by Gasteiger charge is -2.09. The molecular weight excluding hydrogens is 276 g/mol. The molecule has 0 atom stereocenters. The van der Waals surface area contributed by atoms with E-state index >= 15 is 0 Å². The minimum absolute atomic E-state index is 0.0779. The number of unbranched alkanes of at least 4 members (excludes halogenated alkanes) is 3. The van der Waals surface area contributed by atoms with Crippen molar-refractivity contribution in [2.45, 2.75) is 38.8 Å². The molecule has 0 fully saturated rings. The smallest absolute Gasteiger partial charge is 0.416 e. The molecule has 0 amide bonds. The van der Waals surface area contributed by atoms with Crippen LogP contribution in [0.1, 0.15) is 48.5 Å². The summed E-state index contributed by atoms with van der Waals surface area (Å²) in [6, 6.07) is 1.69. The lowest BCUT2D eigenvalue weighted by Crippen LogP contribution is -2.12. The van der Waals surface area contributed by atoms with Crippen LogP contribution in [-0.2, 0) is 10.9 Å². The number of benzene rings is 1. The first kappa shape index (κ1) is 16.5. The first-order valence-electron chi connectivity index (χ1n) is 6.40. The molecule has 6 heteroatoms. The van der Waals surface area contributed by atoms with Crippen LogP contribution in [0.25, 0.3) is 0 Å². The highest BCUT2D eigenvalue weighted by Crippen LogP contribution is 2.30. The van der Waals surface area contributed by atoms with Gasteiger partial charge < -0.3 is 4.74 Å². The number of alkyl halides is 3. The SMILES string of the molecule is CCCCCCOC(=O)c1cc(C(F)(F)F)ccc1F. The summed E-state index contributed by atoms with van der Waals surface area (Å²) in [7, 11) is 0. The van der Waals surface area contributed by atoms with Gasteiger partial charge in [0.25, 0.3) is 0 Å². The number of halogens is 4. The normalized spacial score (nSPS) is 11.4. The second-order valence-corrected chi connectivity index (χ2v) is 4.39. The molecule has 0 bridgehead atoms. The van der Waals surface area contributed by atoms with E-state index in [1.54, 1.807) is 0 Å². The molecule has 1 aromatic rings. The summed E-state index contributed by atoms with van der Waals surface area (Å²) in [4.78, 5) is 11.5. The molecule has 0 N–H and O–H groups in total. The summed E-state index contributed by atoms with van der Waals surface area (Å²) in [5.41, 5.74) is -1.76. The minimum Gasteiger partial charge on any atom is -0.462 e. The molecule has 0 aliphatic rings. The molecule has 0 saturated carbocycles. The molecular formula is C14H16F4O2. The van der Waals surface area contributed by atoms with Gasteiger partial charge in [-0.15, -0.1) is 0 Å². The minimum atomic E-state index is -4.62. The summed E-state index contributed by atoms with van der Waals surface area (Å²) in [5, 5.41) is 0. The second kappa shape index (κ2) is 7.26. The van der Waals surface area contributed by atoms with Gasteiger partial charge in [0.15, 0.2) is 0 Å². The molecule has 112 valence electrons. The van der Waals surface area contributed by atoms with Crippen molar-refractivity contribution in [3.63, 3.8) is 0 Å². The Balaban J connectivity index is 2.67. The number of carbonyl (C=O) groups excluding carboxylic acids is 1. The fourth-order valence-corrected chi connectivity index (χ4v) is 1.63. The van der Waals surface area contributed by atoms with Crippen molar-refractivity contribution in [3.05, 3.63) is 35.1 Å². The molecule has 0 aliphatic carbocycles. The van der Waals surface area contributed by atoms with Gasteiger partial charge in [-0.05, 0) is 24.6 Å². The number of hydrogen-bond donors (Lipinski definition) is 0. The fourth-order valence-electron chi connectivity index (χ4n) is 1.63. The van der Waals surface area contributed by atoms with Crippen molar-refractivity contribution >= 4 is 5.97 Å². The van der Waals surface area contributed by atoms with Gasteiger partial charge in [-0.25, -0.2) is 9.18 Å². The van der Waals surface area contributed by atoms with E-state index in [1.807, 2.05) is 6.92 Å². The summed E-state index contributed by atoms with van der Waals surface area (Å²) in [6.07, 6.45) is -1.16. The highest BCUT2D eigenvalue weighted by Gasteiger charge is 2.32. The first-order valence-corrected chi connectivity index (χ1v) is 6.40. The Morgan fingerprint density at radius 1 is 1.20 bits per heavy atom. The molecule has 0 heterocycles. The van der Waals surface area contributed by atoms with E-state index in [0.717, 1.165) is 19.3 Å². The Bertz CT molecular complexity index is 455. The van der Waals surface area contributed by atoms with Crippen LogP contribution in [0.4, 0.5) is 17.6 Å². The molecule has 0 saturated heterocycles. The van der Waals surface area contributed by atoms with Crippen molar-refractivity contribution in [1.29, 1.82) is 0 Å². The molecule has 20 heavy (non-hydrogen) atoms. The first-order chi connectivity index (χ1) is 9.36. The van der Waals surface area contributed by atoms with Crippen molar-refractivity contribution < 1.29 is 27.1 Å². The van der Waals surface area contributed by atoms with E-state index < -0.39 is 29.1 Å². The van der Waals surface area contributed by atoms with Crippen LogP contribution in [0.5, 0.6) is 0 Å². The van der Waals surface area contributed by atoms with Gasteiger partial charge in [0.05, 0.1) is 17.7 Å². The zero-order chi connectivity index (χ0) is 15.2. The molecule has 1 rings (SSSR count). The maximum absolute atomic E-state index is 13.4. The highest BCUT2D eigenvalue weighted by molar-refractivity contribution is 5.89. The van der Waals surface area contributed by atoms with Crippen LogP contribution in [0.3, 0.4) is 0 Å². The Morgan fingerprint density at radius 3 is 2.50 bits per heavy atom. The molecule has 0 aliphatic heterocycles. The number of carbonyl (C=O) groups is 1. The molecule has 2 nitrogen and oxygen atoms in total. The summed E-state index contributed by atoms with van der Waals surface area (Å²) >= 11 is 0. The summed E-state index contributed by atoms with van der Waals surface area (Å²) < 4.78 is 55.6. The fraction of sp³-hybridized carbons (Fsp3) is 0.500. The maximum atomic E-state index is 13.4. The van der Waals surface area contributed by atoms with E-state index in [-0.39, 0.29) is 6.61 Å². The van der Waals surface area contributed by atoms with Crippen LogP contribution in [0.2, 0.25) is 0 Å². The molecule has 0 unspecified atom stereocenters. The highest BCUT2D eigenvalue weighted by atomic mass is 19.4. The predicted molar refractivity (Wildman–Crippen MR) is 65.8 cm³/mol. The van der Waals surface area contributed by atoms with Gasteiger partial charge in [-0.3, -0.25) is 0 Å². The quantitative estimate of drug-likeness (QED) is 0.436. The van der Waals surface area contributed by atoms with Gasteiger partial charge in [0, 0.05) is 0 Å². The Morgan fingerprint density at radius 2 is 1.90 bits per heavy atom. The van der Waals surface area contributed by atoms with Crippen molar-refractivity contribution in [1.82, 2.24) is 0 Å². The van der Waals surface area contributed by atoms with Gasteiger partial charge in [0.1, 0.15) is 5.82 Å². The van der Waals surface area contributed by atoms with Gasteiger partial charge in [0.2, 0.25) is 0 Å². The van der Waals surface area contributed by atoms with Crippen molar-refractivity contribution in [2.24, 2.45) is 0 Å². The average Bonchev–Trinajstić information content (AvgIpc) is 2.37. The van der Waals surface area contributed by atoms with Crippen LogP contribution >= 0.6 is 0 Å². The van der Waals surface area contributed by atoms with E-state index in [1.165, 1.54) is 0 Å². The van der Waals surface area contributed by atoms with E-state index in [2.05, 4.69) is 0 Å². The van der Waals surface area contributed by atoms with Gasteiger partial charge >= 0.3 is 12.1 Å². The standard InChI is InChI=1S/C14H16F4O2/c1-2-3-4-5-8-20-13(19)11-9-10(14(16,17)18)6-7-12(11)15/h6-7,9H,2-5,8H2,1H3. The Labute approximate surface area is 114 Å². The summed E-state index contributed by atoms with van der Waals surface area (Å²) in [5.74, 6) is -2.08. The zero-order valence-electron chi connectivity index (χ0n) is 11.1. The number of esters is 1. The average molecular weight is 292 g/mol. The van der Waals surface area contributed by atoms with E-state index in [9.17, 15) is 22.4 Å². The summed E-state index contributed by atoms with van der Waals surface area (Å²) in [6.45, 7) is 2.10. The molecule has 0 radical (unpaired) electrons. The third kappa shape index (κ3) is 4.83. The van der Waals surface area contributed by atoms with Gasteiger partial charge in [-0.1, -0.05) is 26.2 Å². The van der Waals surface area contributed by atoms with Crippen LogP contribution < -0.4 is 0 Å². The second-order valence-electron chi connectivity index (χ2n) is 4.39. The van der Waals surface area contributed by atoms with Crippen molar-refractivity contribution in [3.8, 4) is 0 Å². The number of ether oxygens (including phenoxy) is 1. The topological polar surface area (TPSA) is 26.3 Å². The van der Waals surface area contributed by atoms with Gasteiger partial charge in [-0.2, -0.15) is 13.2 Å². The van der Waals surface area contributed by atoms with E-state index in [0.29, 0.717) is 24.6 Å². The van der Waals surface area contributed by atoms with E-state index in [4.69, 9.17) is 4.74 Å².